The lowest BCUT2D eigenvalue weighted by molar-refractivity contribution is -0.143. The molecule has 2 saturated heterocycles. The molecule has 0 aromatic rings. The molecule has 196 valence electrons. The Morgan fingerprint density at radius 3 is 2.24 bits per heavy atom. The first-order valence-corrected chi connectivity index (χ1v) is 13.0. The second-order valence-corrected chi connectivity index (χ2v) is 12.9. The van der Waals surface area contributed by atoms with E-state index in [1.807, 2.05) is 5.01 Å². The number of amides is 1. The van der Waals surface area contributed by atoms with E-state index < -0.39 is 18.2 Å². The minimum absolute atomic E-state index is 0.0272. The van der Waals surface area contributed by atoms with Crippen molar-refractivity contribution in [1.29, 1.82) is 0 Å². The number of hydrogen-bond donors (Lipinski definition) is 5. The zero-order chi connectivity index (χ0) is 25.4. The van der Waals surface area contributed by atoms with Crippen molar-refractivity contribution in [2.75, 3.05) is 20.1 Å². The molecular weight excluding hydrogens is 430 g/mol. The fraction of sp³-hybridized carbons (Fsp3) is 0.885. The lowest BCUT2D eigenvalue weighted by Crippen LogP contribution is -2.59. The maximum atomic E-state index is 13.8. The summed E-state index contributed by atoms with van der Waals surface area (Å²) in [4.78, 5) is 15.6. The van der Waals surface area contributed by atoms with Gasteiger partial charge in [-0.05, 0) is 48.3 Å². The Morgan fingerprint density at radius 2 is 1.71 bits per heavy atom. The molecule has 5 atom stereocenters. The van der Waals surface area contributed by atoms with Crippen molar-refractivity contribution in [3.05, 3.63) is 12.3 Å². The highest BCUT2D eigenvalue weighted by Gasteiger charge is 2.47. The Kier molecular flexibility index (Phi) is 8.40. The number of aliphatic hydroxyl groups is 2. The molecule has 0 aromatic carbocycles. The van der Waals surface area contributed by atoms with Crippen LogP contribution >= 0.6 is 0 Å². The predicted octanol–water partition coefficient (Wildman–Crippen LogP) is 2.00. The van der Waals surface area contributed by atoms with Crippen LogP contribution in [0.5, 0.6) is 0 Å². The van der Waals surface area contributed by atoms with Gasteiger partial charge in [-0.1, -0.05) is 48.1 Å². The average Bonchev–Trinajstić information content (AvgIpc) is 3.38. The molecule has 0 aromatic heterocycles. The van der Waals surface area contributed by atoms with Crippen molar-refractivity contribution in [2.24, 2.45) is 22.7 Å². The Hall–Kier alpha value is -1.19. The molecule has 5 unspecified atom stereocenters. The average molecular weight is 480 g/mol. The van der Waals surface area contributed by atoms with Gasteiger partial charge in [0.05, 0.1) is 24.3 Å². The first-order chi connectivity index (χ1) is 15.7. The summed E-state index contributed by atoms with van der Waals surface area (Å²) in [6.07, 6.45) is 3.89. The quantitative estimate of drug-likeness (QED) is 0.397. The van der Waals surface area contributed by atoms with Gasteiger partial charge >= 0.3 is 0 Å². The SMILES string of the molecule is C=C(NC)C1CC(O)CN1C(=O)C(N1CC(C(O)C2CCC(C(C)(C)C)CC2)NN1)C(C)(C)C. The number of likely N-dealkylation sites (N-methyl/N-ethyl adjacent to an activating group) is 1. The standard InChI is InChI=1S/C26H49N5O3/c1-16(27-8)21-13-19(32)14-30(21)24(34)23(26(5,6)7)31-15-20(28-29-31)22(33)17-9-11-18(12-10-17)25(2,3)4/h17-23,27-29,32-33H,1,9-15H2,2-8H3. The van der Waals surface area contributed by atoms with Gasteiger partial charge in [0.2, 0.25) is 5.91 Å². The molecule has 5 N–H and O–H groups in total. The summed E-state index contributed by atoms with van der Waals surface area (Å²) in [6.45, 7) is 18.0. The van der Waals surface area contributed by atoms with E-state index in [1.165, 1.54) is 0 Å². The molecule has 34 heavy (non-hydrogen) atoms. The number of β-amino-alcohol motifs (C(OH)–C–C–N with tert-alkyl or cyclic N) is 1. The number of rotatable bonds is 6. The first kappa shape index (κ1) is 27.4. The third-order valence-corrected chi connectivity index (χ3v) is 8.33. The fourth-order valence-corrected chi connectivity index (χ4v) is 6.17. The van der Waals surface area contributed by atoms with Crippen LogP contribution in [-0.2, 0) is 4.79 Å². The van der Waals surface area contributed by atoms with Crippen LogP contribution in [0.3, 0.4) is 0 Å². The smallest absolute Gasteiger partial charge is 0.242 e. The van der Waals surface area contributed by atoms with Gasteiger partial charge in [0.15, 0.2) is 0 Å². The summed E-state index contributed by atoms with van der Waals surface area (Å²) in [5.41, 5.74) is 7.20. The van der Waals surface area contributed by atoms with Crippen LogP contribution in [0.4, 0.5) is 0 Å². The molecular formula is C26H49N5O3. The van der Waals surface area contributed by atoms with Crippen LogP contribution in [-0.4, -0.2) is 76.5 Å². The van der Waals surface area contributed by atoms with Gasteiger partial charge in [-0.2, -0.15) is 5.53 Å². The van der Waals surface area contributed by atoms with Crippen LogP contribution in [0.15, 0.2) is 12.3 Å². The van der Waals surface area contributed by atoms with Crippen molar-refractivity contribution < 1.29 is 15.0 Å². The molecule has 3 rings (SSSR count). The molecule has 0 bridgehead atoms. The van der Waals surface area contributed by atoms with Crippen molar-refractivity contribution in [3.8, 4) is 0 Å². The van der Waals surface area contributed by atoms with Gasteiger partial charge in [-0.3, -0.25) is 4.79 Å². The third kappa shape index (κ3) is 5.95. The molecule has 2 aliphatic heterocycles. The van der Waals surface area contributed by atoms with Gasteiger partial charge in [-0.15, -0.1) is 0 Å². The summed E-state index contributed by atoms with van der Waals surface area (Å²) in [5, 5.41) is 26.5. The molecule has 3 fully saturated rings. The highest BCUT2D eigenvalue weighted by atomic mass is 16.3. The molecule has 8 heteroatoms. The van der Waals surface area contributed by atoms with Crippen LogP contribution in [0.25, 0.3) is 0 Å². The number of aliphatic hydroxyl groups excluding tert-OH is 2. The van der Waals surface area contributed by atoms with Gasteiger partial charge < -0.3 is 20.4 Å². The molecule has 3 aliphatic rings. The largest absolute Gasteiger partial charge is 0.391 e. The van der Waals surface area contributed by atoms with Gasteiger partial charge in [-0.25, -0.2) is 10.4 Å². The maximum absolute atomic E-state index is 13.8. The lowest BCUT2D eigenvalue weighted by atomic mass is 9.68. The molecule has 8 nitrogen and oxygen atoms in total. The van der Waals surface area contributed by atoms with Crippen molar-refractivity contribution in [1.82, 2.24) is 26.2 Å². The molecule has 1 amide bonds. The Morgan fingerprint density at radius 1 is 1.09 bits per heavy atom. The number of hydrazine groups is 2. The fourth-order valence-electron chi connectivity index (χ4n) is 6.17. The molecule has 2 heterocycles. The number of carbonyl (C=O) groups is 1. The van der Waals surface area contributed by atoms with Crippen molar-refractivity contribution >= 4 is 5.91 Å². The van der Waals surface area contributed by atoms with Crippen LogP contribution in [0, 0.1) is 22.7 Å². The summed E-state index contributed by atoms with van der Waals surface area (Å²) >= 11 is 0. The van der Waals surface area contributed by atoms with Crippen LogP contribution < -0.4 is 16.3 Å². The van der Waals surface area contributed by atoms with Crippen LogP contribution in [0.1, 0.15) is 73.6 Å². The second kappa shape index (κ2) is 10.4. The normalized spacial score (nSPS) is 33.1. The Balaban J connectivity index is 1.67. The van der Waals surface area contributed by atoms with E-state index in [1.54, 1.807) is 11.9 Å². The Bertz CT molecular complexity index is 723. The zero-order valence-corrected chi connectivity index (χ0v) is 22.4. The van der Waals surface area contributed by atoms with Gasteiger partial charge in [0.25, 0.3) is 0 Å². The third-order valence-electron chi connectivity index (χ3n) is 8.33. The summed E-state index contributed by atoms with van der Waals surface area (Å²) < 4.78 is 0. The topological polar surface area (TPSA) is 100 Å². The molecule has 1 saturated carbocycles. The number of hydrogen-bond acceptors (Lipinski definition) is 7. The van der Waals surface area contributed by atoms with E-state index in [-0.39, 0.29) is 29.3 Å². The maximum Gasteiger partial charge on any atom is 0.242 e. The molecule has 1 aliphatic carbocycles. The highest BCUT2D eigenvalue weighted by Crippen LogP contribution is 2.41. The minimum atomic E-state index is -0.554. The second-order valence-electron chi connectivity index (χ2n) is 12.9. The zero-order valence-electron chi connectivity index (χ0n) is 22.4. The molecule has 0 radical (unpaired) electrons. The minimum Gasteiger partial charge on any atom is -0.391 e. The van der Waals surface area contributed by atoms with E-state index >= 15 is 0 Å². The lowest BCUT2D eigenvalue weighted by Gasteiger charge is -2.40. The number of likely N-dealkylation sites (tertiary alicyclic amines) is 1. The van der Waals surface area contributed by atoms with E-state index in [9.17, 15) is 15.0 Å². The van der Waals surface area contributed by atoms with Crippen molar-refractivity contribution in [2.45, 2.75) is 104 Å². The number of nitrogens with zero attached hydrogens (tertiary/aromatic N) is 2. The number of nitrogens with one attached hydrogen (secondary N) is 3. The number of carbonyl (C=O) groups excluding carboxylic acids is 1. The highest BCUT2D eigenvalue weighted by molar-refractivity contribution is 5.83. The van der Waals surface area contributed by atoms with E-state index in [2.05, 4.69) is 64.4 Å². The summed E-state index contributed by atoms with van der Waals surface area (Å²) in [7, 11) is 1.80. The van der Waals surface area contributed by atoms with Gasteiger partial charge in [0.1, 0.15) is 6.04 Å². The van der Waals surface area contributed by atoms with Crippen molar-refractivity contribution in [3.63, 3.8) is 0 Å². The van der Waals surface area contributed by atoms with E-state index in [0.29, 0.717) is 30.8 Å². The van der Waals surface area contributed by atoms with E-state index in [4.69, 9.17) is 0 Å². The Labute approximate surface area is 206 Å². The monoisotopic (exact) mass is 479 g/mol. The summed E-state index contributed by atoms with van der Waals surface area (Å²) in [6, 6.07) is -0.820. The predicted molar refractivity (Wildman–Crippen MR) is 135 cm³/mol. The molecule has 0 spiro atoms. The van der Waals surface area contributed by atoms with Crippen LogP contribution in [0.2, 0.25) is 0 Å². The van der Waals surface area contributed by atoms with Gasteiger partial charge in [0, 0.05) is 32.3 Å². The summed E-state index contributed by atoms with van der Waals surface area (Å²) in [5.74, 6) is 0.959. The van der Waals surface area contributed by atoms with E-state index in [0.717, 1.165) is 31.4 Å². The first-order valence-electron chi connectivity index (χ1n) is 13.0.